The molecule has 2 aromatic rings. The molecule has 5 rings (SSSR count). The molecule has 2 heterocycles. The van der Waals surface area contributed by atoms with Gasteiger partial charge < -0.3 is 19.9 Å². The summed E-state index contributed by atoms with van der Waals surface area (Å²) in [6.07, 6.45) is 1.27. The van der Waals surface area contributed by atoms with Gasteiger partial charge in [0.15, 0.2) is 5.17 Å². The summed E-state index contributed by atoms with van der Waals surface area (Å²) >= 11 is 14.1. The molecule has 7 nitrogen and oxygen atoms in total. The van der Waals surface area contributed by atoms with E-state index in [4.69, 9.17) is 32.9 Å². The molecule has 1 saturated carbocycles. The second-order valence-corrected chi connectivity index (χ2v) is 15.9. The second kappa shape index (κ2) is 12.8. The Morgan fingerprint density at radius 1 is 1.04 bits per heavy atom. The van der Waals surface area contributed by atoms with Crippen LogP contribution >= 0.6 is 35.0 Å². The van der Waals surface area contributed by atoms with Crippen molar-refractivity contribution < 1.29 is 14.3 Å². The summed E-state index contributed by atoms with van der Waals surface area (Å²) in [5.74, 6) is 0.420. The van der Waals surface area contributed by atoms with Gasteiger partial charge in [0.1, 0.15) is 16.0 Å². The van der Waals surface area contributed by atoms with Crippen LogP contribution in [0.2, 0.25) is 10.0 Å². The van der Waals surface area contributed by atoms with Crippen molar-refractivity contribution in [1.29, 1.82) is 0 Å². The first-order valence-electron chi connectivity index (χ1n) is 15.7. The molecular weight excluding hydrogens is 627 g/mol. The lowest BCUT2D eigenvalue weighted by Crippen LogP contribution is -2.53. The Kier molecular flexibility index (Phi) is 9.61. The molecule has 45 heavy (non-hydrogen) atoms. The minimum atomic E-state index is -0.616. The van der Waals surface area contributed by atoms with E-state index in [1.54, 1.807) is 0 Å². The number of thioether (sulfide) groups is 1. The van der Waals surface area contributed by atoms with Crippen molar-refractivity contribution in [3.63, 3.8) is 0 Å². The third-order valence-electron chi connectivity index (χ3n) is 8.69. The lowest BCUT2D eigenvalue weighted by Gasteiger charge is -2.45. The monoisotopic (exact) mass is 670 g/mol. The maximum atomic E-state index is 14.5. The van der Waals surface area contributed by atoms with Crippen molar-refractivity contribution in [3.8, 4) is 0 Å². The predicted molar refractivity (Wildman–Crippen MR) is 184 cm³/mol. The van der Waals surface area contributed by atoms with Crippen LogP contribution in [0.3, 0.4) is 0 Å². The van der Waals surface area contributed by atoms with E-state index in [0.717, 1.165) is 39.7 Å². The first-order chi connectivity index (χ1) is 21.1. The second-order valence-electron chi connectivity index (χ2n) is 14.0. The quantitative estimate of drug-likeness (QED) is 0.304. The van der Waals surface area contributed by atoms with E-state index in [9.17, 15) is 9.59 Å². The maximum absolute atomic E-state index is 14.5. The zero-order valence-electron chi connectivity index (χ0n) is 27.4. The number of allylic oxidation sites excluding steroid dienone is 1. The van der Waals surface area contributed by atoms with E-state index in [0.29, 0.717) is 22.5 Å². The number of aliphatic imine (C=N–C) groups is 1. The predicted octanol–water partition coefficient (Wildman–Crippen LogP) is 8.78. The number of hydrogen-bond acceptors (Lipinski definition) is 6. The van der Waals surface area contributed by atoms with Crippen LogP contribution in [-0.4, -0.2) is 51.2 Å². The third-order valence-corrected chi connectivity index (χ3v) is 10.3. The molecule has 2 aliphatic heterocycles. The van der Waals surface area contributed by atoms with Gasteiger partial charge in [0.2, 0.25) is 0 Å². The van der Waals surface area contributed by atoms with E-state index >= 15 is 0 Å². The minimum Gasteiger partial charge on any atom is -0.444 e. The number of amides is 2. The molecule has 2 atom stereocenters. The number of carbonyl (C=O) groups excluding carboxylic acids is 2. The summed E-state index contributed by atoms with van der Waals surface area (Å²) in [4.78, 5) is 37.1. The lowest BCUT2D eigenvalue weighted by atomic mass is 9.78. The summed E-state index contributed by atoms with van der Waals surface area (Å²) < 4.78 is 5.39. The minimum absolute atomic E-state index is 0.0209. The maximum Gasteiger partial charge on any atom is 0.407 e. The molecule has 1 aliphatic carbocycles. The van der Waals surface area contributed by atoms with E-state index in [1.807, 2.05) is 62.1 Å². The number of nitrogens with one attached hydrogen (secondary N) is 1. The molecule has 0 spiro atoms. The Balaban J connectivity index is 1.43. The van der Waals surface area contributed by atoms with Gasteiger partial charge in [-0.2, -0.15) is 0 Å². The van der Waals surface area contributed by atoms with Crippen LogP contribution in [0.5, 0.6) is 0 Å². The van der Waals surface area contributed by atoms with E-state index in [2.05, 4.69) is 57.0 Å². The third kappa shape index (κ3) is 6.89. The summed E-state index contributed by atoms with van der Waals surface area (Å²) in [5, 5.41) is 5.07. The Hall–Kier alpha value is -2.68. The molecule has 10 heteroatoms. The van der Waals surface area contributed by atoms with Gasteiger partial charge in [-0.3, -0.25) is 4.79 Å². The number of benzene rings is 2. The highest BCUT2D eigenvalue weighted by Gasteiger charge is 2.54. The molecule has 3 aliphatic rings. The number of fused-ring (bicyclic) bond motifs is 1. The van der Waals surface area contributed by atoms with Crippen molar-refractivity contribution in [2.24, 2.45) is 16.8 Å². The highest BCUT2D eigenvalue weighted by atomic mass is 35.5. The first kappa shape index (κ1) is 33.7. The summed E-state index contributed by atoms with van der Waals surface area (Å²) in [6.45, 7) is 16.7. The zero-order chi connectivity index (χ0) is 32.8. The number of halogens is 2. The van der Waals surface area contributed by atoms with E-state index in [-0.39, 0.29) is 30.0 Å². The van der Waals surface area contributed by atoms with Gasteiger partial charge in [-0.25, -0.2) is 9.79 Å². The topological polar surface area (TPSA) is 74.2 Å². The number of rotatable bonds is 8. The SMILES string of the molecule is CC(C)C1=C(C(=O)N(C(C)C)C2CC(CNC(=O)OC(C)(C)C)C2)SC2=N[C@@](C)(c3ccc(Cl)cc3)[C@@H](c3ccc(Cl)cc3)N21. The van der Waals surface area contributed by atoms with Crippen molar-refractivity contribution in [2.45, 2.75) is 97.5 Å². The van der Waals surface area contributed by atoms with Crippen LogP contribution in [0, 0.1) is 11.8 Å². The van der Waals surface area contributed by atoms with Crippen LogP contribution in [0.4, 0.5) is 4.79 Å². The molecule has 0 unspecified atom stereocenters. The van der Waals surface area contributed by atoms with Gasteiger partial charge in [0.05, 0.1) is 6.04 Å². The van der Waals surface area contributed by atoms with Crippen LogP contribution in [0.25, 0.3) is 0 Å². The fraction of sp³-hybridized carbons (Fsp3) is 0.514. The number of carbonyl (C=O) groups is 2. The molecule has 0 aromatic heterocycles. The van der Waals surface area contributed by atoms with Crippen molar-refractivity contribution >= 4 is 52.1 Å². The largest absolute Gasteiger partial charge is 0.444 e. The smallest absolute Gasteiger partial charge is 0.407 e. The van der Waals surface area contributed by atoms with Crippen molar-refractivity contribution in [3.05, 3.63) is 80.3 Å². The van der Waals surface area contributed by atoms with Gasteiger partial charge in [-0.05, 0) is 113 Å². The zero-order valence-corrected chi connectivity index (χ0v) is 29.7. The highest BCUT2D eigenvalue weighted by molar-refractivity contribution is 8.18. The molecule has 0 saturated heterocycles. The van der Waals surface area contributed by atoms with Crippen LogP contribution in [0.15, 0.2) is 64.1 Å². The van der Waals surface area contributed by atoms with Crippen molar-refractivity contribution in [2.75, 3.05) is 6.54 Å². The molecule has 0 radical (unpaired) electrons. The number of amidine groups is 1. The van der Waals surface area contributed by atoms with E-state index < -0.39 is 17.2 Å². The molecule has 2 amide bonds. The standard InChI is InChI=1S/C35H44Cl2N4O3S/c1-20(2)28-29(31(42)40(21(3)4)27-17-22(18-27)19-38-33(43)44-34(5,6)7)45-32-39-35(8,24-11-15-26(37)16-12-24)30(41(28)32)23-9-13-25(36)14-10-23/h9-16,20-22,27,30H,17-19H2,1-8H3,(H,38,43)/t22?,27?,30-,35+/m1/s1. The Bertz CT molecular complexity index is 1490. The fourth-order valence-electron chi connectivity index (χ4n) is 6.64. The van der Waals surface area contributed by atoms with Gasteiger partial charge in [-0.15, -0.1) is 0 Å². The summed E-state index contributed by atoms with van der Waals surface area (Å²) in [5.41, 5.74) is 1.97. The Morgan fingerprint density at radius 2 is 1.62 bits per heavy atom. The molecule has 0 bridgehead atoms. The van der Waals surface area contributed by atoms with Crippen molar-refractivity contribution in [1.82, 2.24) is 15.1 Å². The van der Waals surface area contributed by atoms with E-state index in [1.165, 1.54) is 11.8 Å². The molecule has 1 N–H and O–H groups in total. The first-order valence-corrected chi connectivity index (χ1v) is 17.3. The highest BCUT2D eigenvalue weighted by Crippen LogP contribution is 2.56. The van der Waals surface area contributed by atoms with Gasteiger partial charge in [0, 0.05) is 34.4 Å². The fourth-order valence-corrected chi connectivity index (χ4v) is 8.24. The molecular formula is C35H44Cl2N4O3S. The Labute approximate surface area is 281 Å². The lowest BCUT2D eigenvalue weighted by molar-refractivity contribution is -0.133. The van der Waals surface area contributed by atoms with Crippen LogP contribution in [0.1, 0.15) is 85.4 Å². The van der Waals surface area contributed by atoms with Gasteiger partial charge >= 0.3 is 6.09 Å². The van der Waals surface area contributed by atoms with Crippen LogP contribution in [-0.2, 0) is 15.1 Å². The molecule has 242 valence electrons. The van der Waals surface area contributed by atoms with Crippen LogP contribution < -0.4 is 5.32 Å². The molecule has 1 fully saturated rings. The average molecular weight is 672 g/mol. The number of hydrogen-bond donors (Lipinski definition) is 1. The van der Waals surface area contributed by atoms with Gasteiger partial charge in [0.25, 0.3) is 5.91 Å². The summed E-state index contributed by atoms with van der Waals surface area (Å²) in [7, 11) is 0. The van der Waals surface area contributed by atoms with Gasteiger partial charge in [-0.1, -0.05) is 61.3 Å². The number of nitrogens with zero attached hydrogens (tertiary/aromatic N) is 3. The normalized spacial score (nSPS) is 24.5. The average Bonchev–Trinajstić information content (AvgIpc) is 3.42. The molecule has 2 aromatic carbocycles. The Morgan fingerprint density at radius 3 is 2.16 bits per heavy atom. The number of ether oxygens (including phenoxy) is 1. The number of alkyl carbamates (subject to hydrolysis) is 1. The summed E-state index contributed by atoms with van der Waals surface area (Å²) in [6, 6.07) is 15.8.